The average molecular weight is 180 g/mol. The van der Waals surface area contributed by atoms with Gasteiger partial charge in [-0.15, -0.1) is 0 Å². The SMILES string of the molecule is CC(c1ccccc1)N(O)C(N)=O. The first-order valence-corrected chi connectivity index (χ1v) is 3.95. The van der Waals surface area contributed by atoms with Crippen molar-refractivity contribution in [2.45, 2.75) is 13.0 Å². The Labute approximate surface area is 76.5 Å². The standard InChI is InChI=1S/C9H12N2O2/c1-7(11(13)9(10)12)8-5-3-2-4-6-8/h2-7,13H,1H3,(H2,10,12). The van der Waals surface area contributed by atoms with E-state index in [-0.39, 0.29) is 0 Å². The van der Waals surface area contributed by atoms with Crippen LogP contribution < -0.4 is 5.73 Å². The van der Waals surface area contributed by atoms with E-state index >= 15 is 0 Å². The Bertz CT molecular complexity index is 287. The predicted molar refractivity (Wildman–Crippen MR) is 48.1 cm³/mol. The van der Waals surface area contributed by atoms with Crippen molar-refractivity contribution in [3.63, 3.8) is 0 Å². The van der Waals surface area contributed by atoms with Crippen LogP contribution in [0, 0.1) is 0 Å². The molecule has 0 heterocycles. The largest absolute Gasteiger partial charge is 0.350 e. The fourth-order valence-corrected chi connectivity index (χ4v) is 1.06. The van der Waals surface area contributed by atoms with E-state index in [2.05, 4.69) is 0 Å². The number of rotatable bonds is 2. The quantitative estimate of drug-likeness (QED) is 0.535. The van der Waals surface area contributed by atoms with E-state index in [1.807, 2.05) is 30.3 Å². The highest BCUT2D eigenvalue weighted by Gasteiger charge is 2.15. The van der Waals surface area contributed by atoms with Gasteiger partial charge in [0.2, 0.25) is 0 Å². The van der Waals surface area contributed by atoms with Crippen LogP contribution in [0.2, 0.25) is 0 Å². The fraction of sp³-hybridized carbons (Fsp3) is 0.222. The lowest BCUT2D eigenvalue weighted by atomic mass is 10.1. The Hall–Kier alpha value is -1.55. The maximum absolute atomic E-state index is 10.6. The predicted octanol–water partition coefficient (Wildman–Crippen LogP) is 1.52. The molecule has 0 saturated heterocycles. The Kier molecular flexibility index (Phi) is 2.87. The van der Waals surface area contributed by atoms with E-state index in [1.54, 1.807) is 6.92 Å². The first kappa shape index (κ1) is 9.54. The van der Waals surface area contributed by atoms with Crippen LogP contribution in [0.5, 0.6) is 0 Å². The molecule has 1 aromatic carbocycles. The van der Waals surface area contributed by atoms with Gasteiger partial charge in [-0.05, 0) is 12.5 Å². The van der Waals surface area contributed by atoms with E-state index < -0.39 is 12.1 Å². The molecule has 0 radical (unpaired) electrons. The molecular weight excluding hydrogens is 168 g/mol. The Balaban J connectivity index is 2.79. The van der Waals surface area contributed by atoms with Crippen molar-refractivity contribution in [1.82, 2.24) is 5.06 Å². The zero-order valence-electron chi connectivity index (χ0n) is 7.34. The molecule has 1 aromatic rings. The lowest BCUT2D eigenvalue weighted by Gasteiger charge is -2.20. The maximum Gasteiger partial charge on any atom is 0.339 e. The van der Waals surface area contributed by atoms with Crippen molar-refractivity contribution in [2.24, 2.45) is 5.73 Å². The molecule has 70 valence electrons. The second kappa shape index (κ2) is 3.91. The highest BCUT2D eigenvalue weighted by Crippen LogP contribution is 2.16. The molecule has 2 amide bonds. The van der Waals surface area contributed by atoms with Gasteiger partial charge in [0.1, 0.15) is 0 Å². The normalized spacial score (nSPS) is 12.2. The number of nitrogens with two attached hydrogens (primary N) is 1. The second-order valence-electron chi connectivity index (χ2n) is 2.77. The molecule has 0 spiro atoms. The highest BCUT2D eigenvalue weighted by atomic mass is 16.5. The van der Waals surface area contributed by atoms with Crippen molar-refractivity contribution >= 4 is 6.03 Å². The number of amides is 2. The molecule has 1 rings (SSSR count). The third-order valence-electron chi connectivity index (χ3n) is 1.87. The summed E-state index contributed by atoms with van der Waals surface area (Å²) < 4.78 is 0. The first-order valence-electron chi connectivity index (χ1n) is 3.95. The molecule has 0 aliphatic carbocycles. The highest BCUT2D eigenvalue weighted by molar-refractivity contribution is 5.71. The van der Waals surface area contributed by atoms with Gasteiger partial charge in [-0.3, -0.25) is 5.21 Å². The van der Waals surface area contributed by atoms with Crippen LogP contribution in [-0.2, 0) is 0 Å². The minimum Gasteiger partial charge on any atom is -0.350 e. The number of hydrogen-bond acceptors (Lipinski definition) is 2. The molecule has 0 saturated carbocycles. The van der Waals surface area contributed by atoms with Gasteiger partial charge in [0.05, 0.1) is 6.04 Å². The summed E-state index contributed by atoms with van der Waals surface area (Å²) in [5.41, 5.74) is 5.75. The van der Waals surface area contributed by atoms with Crippen molar-refractivity contribution in [2.75, 3.05) is 0 Å². The summed E-state index contributed by atoms with van der Waals surface area (Å²) in [4.78, 5) is 10.6. The van der Waals surface area contributed by atoms with Gasteiger partial charge >= 0.3 is 6.03 Å². The molecule has 13 heavy (non-hydrogen) atoms. The zero-order chi connectivity index (χ0) is 9.84. The molecule has 4 nitrogen and oxygen atoms in total. The number of nitrogens with zero attached hydrogens (tertiary/aromatic N) is 1. The van der Waals surface area contributed by atoms with Gasteiger partial charge in [-0.1, -0.05) is 30.3 Å². The molecule has 0 bridgehead atoms. The minimum atomic E-state index is -0.851. The number of carbonyl (C=O) groups is 1. The third kappa shape index (κ3) is 2.19. The van der Waals surface area contributed by atoms with Crippen LogP contribution in [0.3, 0.4) is 0 Å². The molecule has 0 aliphatic rings. The second-order valence-corrected chi connectivity index (χ2v) is 2.77. The number of carbonyl (C=O) groups excluding carboxylic acids is 1. The number of urea groups is 1. The van der Waals surface area contributed by atoms with Crippen LogP contribution in [0.15, 0.2) is 30.3 Å². The van der Waals surface area contributed by atoms with Gasteiger partial charge in [0, 0.05) is 0 Å². The number of hydrogen-bond donors (Lipinski definition) is 2. The summed E-state index contributed by atoms with van der Waals surface area (Å²) in [7, 11) is 0. The molecule has 4 heteroatoms. The van der Waals surface area contributed by atoms with Gasteiger partial charge in [-0.2, -0.15) is 5.06 Å². The van der Waals surface area contributed by atoms with Crippen molar-refractivity contribution in [3.05, 3.63) is 35.9 Å². The molecular formula is C9H12N2O2. The summed E-state index contributed by atoms with van der Waals surface area (Å²) in [6.07, 6.45) is 0. The van der Waals surface area contributed by atoms with E-state index in [0.29, 0.717) is 5.06 Å². The molecule has 3 N–H and O–H groups in total. The third-order valence-corrected chi connectivity index (χ3v) is 1.87. The van der Waals surface area contributed by atoms with Gasteiger partial charge < -0.3 is 5.73 Å². The average Bonchev–Trinajstić information content (AvgIpc) is 2.17. The maximum atomic E-state index is 10.6. The lowest BCUT2D eigenvalue weighted by molar-refractivity contribution is -0.0709. The van der Waals surface area contributed by atoms with Crippen LogP contribution in [0.4, 0.5) is 4.79 Å². The summed E-state index contributed by atoms with van der Waals surface area (Å²) in [6, 6.07) is 7.90. The van der Waals surface area contributed by atoms with E-state index in [9.17, 15) is 10.0 Å². The minimum absolute atomic E-state index is 0.418. The zero-order valence-corrected chi connectivity index (χ0v) is 7.34. The van der Waals surface area contributed by atoms with E-state index in [4.69, 9.17) is 5.73 Å². The van der Waals surface area contributed by atoms with Crippen LogP contribution in [0.25, 0.3) is 0 Å². The molecule has 0 aromatic heterocycles. The summed E-state index contributed by atoms with van der Waals surface area (Å²) in [5.74, 6) is 0. The van der Waals surface area contributed by atoms with Crippen LogP contribution >= 0.6 is 0 Å². The molecule has 0 fully saturated rings. The number of benzene rings is 1. The first-order chi connectivity index (χ1) is 6.13. The summed E-state index contributed by atoms with van der Waals surface area (Å²) in [5, 5.41) is 9.72. The van der Waals surface area contributed by atoms with E-state index in [1.165, 1.54) is 0 Å². The molecule has 1 atom stereocenters. The van der Waals surface area contributed by atoms with E-state index in [0.717, 1.165) is 5.56 Å². The van der Waals surface area contributed by atoms with Gasteiger partial charge in [-0.25, -0.2) is 4.79 Å². The Morgan fingerprint density at radius 3 is 2.46 bits per heavy atom. The van der Waals surface area contributed by atoms with Crippen LogP contribution in [0.1, 0.15) is 18.5 Å². The van der Waals surface area contributed by atoms with Crippen molar-refractivity contribution < 1.29 is 10.0 Å². The molecule has 1 unspecified atom stereocenters. The lowest BCUT2D eigenvalue weighted by Crippen LogP contribution is -2.34. The topological polar surface area (TPSA) is 66.6 Å². The number of hydroxylamine groups is 2. The van der Waals surface area contributed by atoms with Gasteiger partial charge in [0.25, 0.3) is 0 Å². The van der Waals surface area contributed by atoms with Crippen molar-refractivity contribution in [1.29, 1.82) is 0 Å². The van der Waals surface area contributed by atoms with Crippen LogP contribution in [-0.4, -0.2) is 16.3 Å². The monoisotopic (exact) mass is 180 g/mol. The molecule has 0 aliphatic heterocycles. The van der Waals surface area contributed by atoms with Gasteiger partial charge in [0.15, 0.2) is 0 Å². The smallest absolute Gasteiger partial charge is 0.339 e. The fourth-order valence-electron chi connectivity index (χ4n) is 1.06. The Morgan fingerprint density at radius 1 is 1.46 bits per heavy atom. The summed E-state index contributed by atoms with van der Waals surface area (Å²) in [6.45, 7) is 1.69. The summed E-state index contributed by atoms with van der Waals surface area (Å²) >= 11 is 0. The van der Waals surface area contributed by atoms with Crippen molar-refractivity contribution in [3.8, 4) is 0 Å². The number of primary amides is 1. The Morgan fingerprint density at radius 2 is 2.00 bits per heavy atom.